The fraction of sp³-hybridized carbons (Fsp3) is 0.154. The first kappa shape index (κ1) is 20.8. The summed E-state index contributed by atoms with van der Waals surface area (Å²) >= 11 is 12.6. The van der Waals surface area contributed by atoms with E-state index >= 15 is 0 Å². The quantitative estimate of drug-likeness (QED) is 0.419. The Bertz CT molecular complexity index is 1270. The van der Waals surface area contributed by atoms with Crippen molar-refractivity contribution in [3.8, 4) is 0 Å². The Balaban J connectivity index is 1.60. The molecule has 0 radical (unpaired) electrons. The summed E-state index contributed by atoms with van der Waals surface area (Å²) in [5, 5.41) is 7.98. The minimum atomic E-state index is -0.410. The average Bonchev–Trinajstić information content (AvgIpc) is 2.96. The lowest BCUT2D eigenvalue weighted by Gasteiger charge is -2.26. The molecule has 0 spiro atoms. The van der Waals surface area contributed by atoms with Gasteiger partial charge in [-0.3, -0.25) is 9.59 Å². The van der Waals surface area contributed by atoms with Gasteiger partial charge in [0.2, 0.25) is 0 Å². The number of anilines is 2. The van der Waals surface area contributed by atoms with Crippen molar-refractivity contribution in [2.45, 2.75) is 25.3 Å². The zero-order valence-electron chi connectivity index (χ0n) is 17.1. The van der Waals surface area contributed by atoms with Crippen molar-refractivity contribution in [1.29, 1.82) is 0 Å². The van der Waals surface area contributed by atoms with E-state index in [2.05, 4.69) is 10.6 Å². The third-order valence-corrected chi connectivity index (χ3v) is 6.48. The summed E-state index contributed by atoms with van der Waals surface area (Å²) in [5.74, 6) is 0.0429. The predicted molar refractivity (Wildman–Crippen MR) is 129 cm³/mol. The average molecular weight is 463 g/mol. The Morgan fingerprint density at radius 3 is 2.47 bits per heavy atom. The first-order valence-corrected chi connectivity index (χ1v) is 11.3. The minimum Gasteiger partial charge on any atom is -0.372 e. The molecule has 0 amide bonds. The number of hydrogen-bond donors (Lipinski definition) is 2. The Hall–Kier alpha value is -3.08. The Labute approximate surface area is 196 Å². The molecule has 0 fully saturated rings. The fourth-order valence-corrected chi connectivity index (χ4v) is 4.88. The molecule has 2 aliphatic rings. The van der Waals surface area contributed by atoms with E-state index in [-0.39, 0.29) is 11.6 Å². The Kier molecular flexibility index (Phi) is 5.50. The van der Waals surface area contributed by atoms with E-state index in [0.717, 1.165) is 35.5 Å². The Morgan fingerprint density at radius 1 is 0.875 bits per heavy atom. The largest absolute Gasteiger partial charge is 0.372 e. The smallest absolute Gasteiger partial charge is 0.193 e. The molecule has 0 saturated carbocycles. The van der Waals surface area contributed by atoms with Crippen LogP contribution in [0.15, 0.2) is 78.0 Å². The maximum absolute atomic E-state index is 13.0. The third-order valence-electron chi connectivity index (χ3n) is 5.92. The number of allylic oxidation sites excluding steroid dienone is 1. The van der Waals surface area contributed by atoms with Crippen molar-refractivity contribution in [1.82, 2.24) is 0 Å². The SMILES string of the molecule is O=C1CCCC2=C1C(c1ccc(Cl)cc1Cl)Nc1ccc(C(=O)c3ccccc3)cc1N2. The van der Waals surface area contributed by atoms with Crippen LogP contribution in [0.25, 0.3) is 0 Å². The molecule has 1 heterocycles. The summed E-state index contributed by atoms with van der Waals surface area (Å²) in [6.07, 6.45) is 2.03. The number of Topliss-reactive ketones (excluding diaryl/α,β-unsaturated/α-hetero) is 1. The van der Waals surface area contributed by atoms with Crippen LogP contribution < -0.4 is 10.6 Å². The van der Waals surface area contributed by atoms with Crippen molar-refractivity contribution < 1.29 is 9.59 Å². The second kappa shape index (κ2) is 8.45. The molecule has 0 aromatic heterocycles. The van der Waals surface area contributed by atoms with Crippen LogP contribution >= 0.6 is 23.2 Å². The van der Waals surface area contributed by atoms with E-state index < -0.39 is 6.04 Å². The number of halogens is 2. The second-order valence-corrected chi connectivity index (χ2v) is 8.84. The molecule has 3 aromatic rings. The third kappa shape index (κ3) is 3.81. The number of carbonyl (C=O) groups excluding carboxylic acids is 2. The lowest BCUT2D eigenvalue weighted by atomic mass is 9.86. The molecule has 3 aromatic carbocycles. The molecule has 1 unspecified atom stereocenters. The highest BCUT2D eigenvalue weighted by atomic mass is 35.5. The van der Waals surface area contributed by atoms with Crippen LogP contribution in [0.5, 0.6) is 0 Å². The van der Waals surface area contributed by atoms with E-state index in [1.54, 1.807) is 30.3 Å². The number of nitrogens with one attached hydrogen (secondary N) is 2. The maximum atomic E-state index is 13.0. The van der Waals surface area contributed by atoms with Gasteiger partial charge in [-0.25, -0.2) is 0 Å². The highest BCUT2D eigenvalue weighted by Gasteiger charge is 2.33. The molecule has 2 N–H and O–H groups in total. The van der Waals surface area contributed by atoms with Gasteiger partial charge in [0, 0.05) is 38.9 Å². The van der Waals surface area contributed by atoms with Gasteiger partial charge in [0.1, 0.15) is 0 Å². The molecule has 1 atom stereocenters. The summed E-state index contributed by atoms with van der Waals surface area (Å²) in [7, 11) is 0. The van der Waals surface area contributed by atoms with Gasteiger partial charge in [0.15, 0.2) is 11.6 Å². The van der Waals surface area contributed by atoms with Gasteiger partial charge in [0.05, 0.1) is 17.4 Å². The van der Waals surface area contributed by atoms with Gasteiger partial charge in [-0.05, 0) is 48.7 Å². The molecule has 160 valence electrons. The van der Waals surface area contributed by atoms with Crippen molar-refractivity contribution in [2.75, 3.05) is 10.6 Å². The second-order valence-electron chi connectivity index (χ2n) is 7.99. The van der Waals surface area contributed by atoms with Crippen molar-refractivity contribution in [2.24, 2.45) is 0 Å². The van der Waals surface area contributed by atoms with E-state index in [9.17, 15) is 9.59 Å². The molecule has 1 aliphatic heterocycles. The standard InChI is InChI=1S/C26H20Cl2N2O2/c27-17-10-11-18(19(28)14-17)25-24-21(7-4-8-23(24)31)29-22-13-16(9-12-20(22)30-25)26(32)15-5-2-1-3-6-15/h1-3,5-6,9-14,25,29-30H,4,7-8H2. The summed E-state index contributed by atoms with van der Waals surface area (Å²) in [4.78, 5) is 26.0. The van der Waals surface area contributed by atoms with Gasteiger partial charge < -0.3 is 10.6 Å². The number of hydrogen-bond acceptors (Lipinski definition) is 4. The molecule has 6 heteroatoms. The molecule has 5 rings (SSSR count). The predicted octanol–water partition coefficient (Wildman–Crippen LogP) is 6.81. The van der Waals surface area contributed by atoms with Crippen LogP contribution in [-0.2, 0) is 4.79 Å². The van der Waals surface area contributed by atoms with Gasteiger partial charge in [-0.1, -0.05) is 59.6 Å². The number of benzene rings is 3. The Morgan fingerprint density at radius 2 is 1.69 bits per heavy atom. The first-order valence-electron chi connectivity index (χ1n) is 10.5. The van der Waals surface area contributed by atoms with E-state index in [1.165, 1.54) is 0 Å². The fourth-order valence-electron chi connectivity index (χ4n) is 4.36. The molecular formula is C26H20Cl2N2O2. The molecule has 0 saturated heterocycles. The number of rotatable bonds is 3. The monoisotopic (exact) mass is 462 g/mol. The zero-order chi connectivity index (χ0) is 22.2. The van der Waals surface area contributed by atoms with Crippen LogP contribution in [0.2, 0.25) is 10.0 Å². The molecular weight excluding hydrogens is 443 g/mol. The summed E-state index contributed by atoms with van der Waals surface area (Å²) < 4.78 is 0. The van der Waals surface area contributed by atoms with E-state index in [0.29, 0.717) is 33.2 Å². The first-order chi connectivity index (χ1) is 15.5. The topological polar surface area (TPSA) is 58.2 Å². The minimum absolute atomic E-state index is 0.0503. The van der Waals surface area contributed by atoms with Crippen molar-refractivity contribution in [3.05, 3.63) is 105 Å². The van der Waals surface area contributed by atoms with Gasteiger partial charge in [-0.15, -0.1) is 0 Å². The highest BCUT2D eigenvalue weighted by Crippen LogP contribution is 2.43. The van der Waals surface area contributed by atoms with Crippen LogP contribution in [0.4, 0.5) is 11.4 Å². The van der Waals surface area contributed by atoms with Crippen molar-refractivity contribution in [3.63, 3.8) is 0 Å². The van der Waals surface area contributed by atoms with Gasteiger partial charge in [-0.2, -0.15) is 0 Å². The molecule has 4 nitrogen and oxygen atoms in total. The van der Waals surface area contributed by atoms with E-state index in [4.69, 9.17) is 23.2 Å². The number of fused-ring (bicyclic) bond motifs is 1. The molecule has 1 aliphatic carbocycles. The normalized spacial score (nSPS) is 17.6. The summed E-state index contributed by atoms with van der Waals surface area (Å²) in [6, 6.07) is 19.6. The van der Waals surface area contributed by atoms with Crippen LogP contribution in [0.3, 0.4) is 0 Å². The molecule has 32 heavy (non-hydrogen) atoms. The molecule has 0 bridgehead atoms. The van der Waals surface area contributed by atoms with E-state index in [1.807, 2.05) is 36.4 Å². The van der Waals surface area contributed by atoms with Crippen LogP contribution in [-0.4, -0.2) is 11.6 Å². The lowest BCUT2D eigenvalue weighted by Crippen LogP contribution is -2.23. The number of ketones is 2. The zero-order valence-corrected chi connectivity index (χ0v) is 18.6. The van der Waals surface area contributed by atoms with Gasteiger partial charge >= 0.3 is 0 Å². The highest BCUT2D eigenvalue weighted by molar-refractivity contribution is 6.35. The summed E-state index contributed by atoms with van der Waals surface area (Å²) in [5.41, 5.74) is 5.12. The van der Waals surface area contributed by atoms with Crippen LogP contribution in [0, 0.1) is 0 Å². The number of carbonyl (C=O) groups is 2. The van der Waals surface area contributed by atoms with Gasteiger partial charge in [0.25, 0.3) is 0 Å². The summed E-state index contributed by atoms with van der Waals surface area (Å²) in [6.45, 7) is 0. The lowest BCUT2D eigenvalue weighted by molar-refractivity contribution is -0.116. The maximum Gasteiger partial charge on any atom is 0.193 e. The van der Waals surface area contributed by atoms with Crippen LogP contribution in [0.1, 0.15) is 46.8 Å². The van der Waals surface area contributed by atoms with Crippen molar-refractivity contribution >= 4 is 46.1 Å².